The number of halogens is 1. The Labute approximate surface area is 105 Å². The zero-order valence-electron chi connectivity index (χ0n) is 8.49. The van der Waals surface area contributed by atoms with Gasteiger partial charge in [-0.2, -0.15) is 0 Å². The van der Waals surface area contributed by atoms with Crippen LogP contribution < -0.4 is 0 Å². The molecule has 4 nitrogen and oxygen atoms in total. The zero-order chi connectivity index (χ0) is 11.7. The summed E-state index contributed by atoms with van der Waals surface area (Å²) in [6, 6.07) is 5.71. The van der Waals surface area contributed by atoms with Crippen LogP contribution in [0.2, 0.25) is 0 Å². The molecule has 1 heterocycles. The van der Waals surface area contributed by atoms with Crippen molar-refractivity contribution in [3.05, 3.63) is 27.4 Å². The number of methoxy groups -OCH3 is 1. The van der Waals surface area contributed by atoms with Gasteiger partial charge in [0.2, 0.25) is 0 Å². The number of nitrogens with zero attached hydrogens (tertiary/aromatic N) is 1. The number of esters is 1. The molecule has 1 aromatic carbocycles. The first kappa shape index (κ1) is 11.3. The van der Waals surface area contributed by atoms with Crippen LogP contribution in [-0.2, 0) is 16.1 Å². The van der Waals surface area contributed by atoms with Crippen LogP contribution in [-0.4, -0.2) is 22.6 Å². The topological polar surface area (TPSA) is 47.0 Å². The highest BCUT2D eigenvalue weighted by Crippen LogP contribution is 2.19. The number of benzene rings is 1. The molecule has 0 aliphatic rings. The minimum Gasteiger partial charge on any atom is -0.468 e. The Balaban J connectivity index is 2.56. The molecule has 0 unspecified atom stereocenters. The van der Waals surface area contributed by atoms with E-state index in [1.165, 1.54) is 7.11 Å². The van der Waals surface area contributed by atoms with E-state index >= 15 is 0 Å². The van der Waals surface area contributed by atoms with E-state index in [1.54, 1.807) is 4.57 Å². The number of H-pyrrole nitrogens is 1. The third kappa shape index (κ3) is 2.03. The average Bonchev–Trinajstić information content (AvgIpc) is 2.54. The van der Waals surface area contributed by atoms with Crippen molar-refractivity contribution in [1.29, 1.82) is 0 Å². The summed E-state index contributed by atoms with van der Waals surface area (Å²) in [4.78, 5) is 14.3. The van der Waals surface area contributed by atoms with Gasteiger partial charge in [0.15, 0.2) is 4.77 Å². The maximum absolute atomic E-state index is 11.2. The third-order valence-corrected chi connectivity index (χ3v) is 3.07. The van der Waals surface area contributed by atoms with Crippen LogP contribution in [0, 0.1) is 4.77 Å². The maximum atomic E-state index is 11.2. The summed E-state index contributed by atoms with van der Waals surface area (Å²) in [6.45, 7) is 0.122. The lowest BCUT2D eigenvalue weighted by atomic mass is 10.3. The Kier molecular flexibility index (Phi) is 3.11. The number of ether oxygens (including phenoxy) is 1. The molecule has 0 aliphatic heterocycles. The molecule has 2 rings (SSSR count). The van der Waals surface area contributed by atoms with Crippen molar-refractivity contribution in [3.8, 4) is 0 Å². The highest BCUT2D eigenvalue weighted by Gasteiger charge is 2.08. The van der Waals surface area contributed by atoms with E-state index in [0.717, 1.165) is 15.5 Å². The molecule has 1 aromatic heterocycles. The van der Waals surface area contributed by atoms with Crippen LogP contribution >= 0.6 is 28.1 Å². The Morgan fingerprint density at radius 3 is 3.06 bits per heavy atom. The van der Waals surface area contributed by atoms with Crippen LogP contribution in [0.15, 0.2) is 22.7 Å². The van der Waals surface area contributed by atoms with Crippen LogP contribution in [0.3, 0.4) is 0 Å². The molecule has 0 amide bonds. The molecular weight excluding hydrogens is 292 g/mol. The molecule has 84 valence electrons. The average molecular weight is 301 g/mol. The van der Waals surface area contributed by atoms with Gasteiger partial charge in [0, 0.05) is 4.47 Å². The standard InChI is InChI=1S/C10H9BrN2O2S/c1-15-9(14)5-13-8-3-2-6(11)4-7(8)12-10(13)16/h2-4H,5H2,1H3,(H,12,16). The third-order valence-electron chi connectivity index (χ3n) is 2.25. The number of rotatable bonds is 2. The molecule has 2 aromatic rings. The molecular formula is C10H9BrN2O2S. The highest BCUT2D eigenvalue weighted by atomic mass is 79.9. The van der Waals surface area contributed by atoms with Crippen molar-refractivity contribution in [2.24, 2.45) is 0 Å². The van der Waals surface area contributed by atoms with Crippen LogP contribution in [0.5, 0.6) is 0 Å². The van der Waals surface area contributed by atoms with Crippen LogP contribution in [0.4, 0.5) is 0 Å². The number of nitrogens with one attached hydrogen (secondary N) is 1. The number of imidazole rings is 1. The number of hydrogen-bond acceptors (Lipinski definition) is 3. The van der Waals surface area contributed by atoms with E-state index < -0.39 is 0 Å². The van der Waals surface area contributed by atoms with Gasteiger partial charge in [-0.15, -0.1) is 0 Å². The van der Waals surface area contributed by atoms with Gasteiger partial charge >= 0.3 is 5.97 Å². The summed E-state index contributed by atoms with van der Waals surface area (Å²) in [6.07, 6.45) is 0. The maximum Gasteiger partial charge on any atom is 0.325 e. The summed E-state index contributed by atoms with van der Waals surface area (Å²) in [7, 11) is 1.36. The van der Waals surface area contributed by atoms with Crippen LogP contribution in [0.25, 0.3) is 11.0 Å². The summed E-state index contributed by atoms with van der Waals surface area (Å²) >= 11 is 8.52. The van der Waals surface area contributed by atoms with Gasteiger partial charge in [0.25, 0.3) is 0 Å². The molecule has 0 radical (unpaired) electrons. The smallest absolute Gasteiger partial charge is 0.325 e. The molecule has 0 saturated carbocycles. The van der Waals surface area contributed by atoms with E-state index in [9.17, 15) is 4.79 Å². The summed E-state index contributed by atoms with van der Waals surface area (Å²) < 4.78 is 7.81. The molecule has 6 heteroatoms. The van der Waals surface area contributed by atoms with Crippen LogP contribution in [0.1, 0.15) is 0 Å². The lowest BCUT2D eigenvalue weighted by Gasteiger charge is -2.02. The van der Waals surface area contributed by atoms with Gasteiger partial charge < -0.3 is 14.3 Å². The molecule has 16 heavy (non-hydrogen) atoms. The minimum absolute atomic E-state index is 0.122. The van der Waals surface area contributed by atoms with Gasteiger partial charge in [-0.05, 0) is 30.4 Å². The number of aromatic amines is 1. The quantitative estimate of drug-likeness (QED) is 0.685. The summed E-state index contributed by atoms with van der Waals surface area (Å²) in [5.41, 5.74) is 1.78. The van der Waals surface area contributed by atoms with Crippen molar-refractivity contribution in [1.82, 2.24) is 9.55 Å². The van der Waals surface area contributed by atoms with Crippen molar-refractivity contribution in [2.45, 2.75) is 6.54 Å². The van der Waals surface area contributed by atoms with Gasteiger partial charge in [0.1, 0.15) is 6.54 Å². The lowest BCUT2D eigenvalue weighted by molar-refractivity contribution is -0.141. The molecule has 0 spiro atoms. The second kappa shape index (κ2) is 4.39. The van der Waals surface area contributed by atoms with Gasteiger partial charge in [0.05, 0.1) is 18.1 Å². The Morgan fingerprint density at radius 1 is 1.62 bits per heavy atom. The van der Waals surface area contributed by atoms with Crippen molar-refractivity contribution in [3.63, 3.8) is 0 Å². The number of hydrogen-bond donors (Lipinski definition) is 1. The second-order valence-electron chi connectivity index (χ2n) is 3.25. The lowest BCUT2D eigenvalue weighted by Crippen LogP contribution is -2.11. The van der Waals surface area contributed by atoms with E-state index in [-0.39, 0.29) is 12.5 Å². The largest absolute Gasteiger partial charge is 0.468 e. The molecule has 0 bridgehead atoms. The minimum atomic E-state index is -0.320. The van der Waals surface area contributed by atoms with Gasteiger partial charge in [-0.25, -0.2) is 0 Å². The fraction of sp³-hybridized carbons (Fsp3) is 0.200. The Bertz CT molecular complexity index is 602. The van der Waals surface area contributed by atoms with E-state index in [1.807, 2.05) is 18.2 Å². The fourth-order valence-electron chi connectivity index (χ4n) is 1.49. The first-order chi connectivity index (χ1) is 7.61. The van der Waals surface area contributed by atoms with Crippen molar-refractivity contribution in [2.75, 3.05) is 7.11 Å². The van der Waals surface area contributed by atoms with Gasteiger partial charge in [-0.1, -0.05) is 15.9 Å². The molecule has 0 fully saturated rings. The number of carbonyl (C=O) groups is 1. The molecule has 0 atom stereocenters. The van der Waals surface area contributed by atoms with Crippen molar-refractivity contribution < 1.29 is 9.53 Å². The van der Waals surface area contributed by atoms with E-state index in [4.69, 9.17) is 12.2 Å². The zero-order valence-corrected chi connectivity index (χ0v) is 10.9. The van der Waals surface area contributed by atoms with E-state index in [0.29, 0.717) is 4.77 Å². The molecule has 0 saturated heterocycles. The number of carbonyl (C=O) groups excluding carboxylic acids is 1. The first-order valence-electron chi connectivity index (χ1n) is 4.56. The normalized spacial score (nSPS) is 10.6. The monoisotopic (exact) mass is 300 g/mol. The fourth-order valence-corrected chi connectivity index (χ4v) is 2.12. The predicted octanol–water partition coefficient (Wildman–Crippen LogP) is 2.63. The Hall–Kier alpha value is -1.14. The molecule has 1 N–H and O–H groups in total. The first-order valence-corrected chi connectivity index (χ1v) is 5.77. The number of aromatic nitrogens is 2. The SMILES string of the molecule is COC(=O)Cn1c(=S)[nH]c2cc(Br)ccc21. The summed E-state index contributed by atoms with van der Waals surface area (Å²) in [5, 5.41) is 0. The van der Waals surface area contributed by atoms with Gasteiger partial charge in [-0.3, -0.25) is 4.79 Å². The Morgan fingerprint density at radius 2 is 2.38 bits per heavy atom. The number of fused-ring (bicyclic) bond motifs is 1. The highest BCUT2D eigenvalue weighted by molar-refractivity contribution is 9.10. The second-order valence-corrected chi connectivity index (χ2v) is 4.56. The van der Waals surface area contributed by atoms with Crippen molar-refractivity contribution >= 4 is 45.2 Å². The predicted molar refractivity (Wildman–Crippen MR) is 66.8 cm³/mol. The molecule has 0 aliphatic carbocycles. The van der Waals surface area contributed by atoms with E-state index in [2.05, 4.69) is 25.7 Å². The summed E-state index contributed by atoms with van der Waals surface area (Å²) in [5.74, 6) is -0.320.